The molecule has 1 saturated carbocycles. The maximum Gasteiger partial charge on any atom is 0.129 e. The van der Waals surface area contributed by atoms with Crippen molar-refractivity contribution in [2.75, 3.05) is 0 Å². The van der Waals surface area contributed by atoms with Crippen LogP contribution in [0.2, 0.25) is 5.15 Å². The third kappa shape index (κ3) is 1.59. The fraction of sp³-hybridized carbons (Fsp3) is 0.444. The Balaban J connectivity index is 2.20. The lowest BCUT2D eigenvalue weighted by atomic mass is 10.1. The number of nitrogens with two attached hydrogens (primary N) is 1. The summed E-state index contributed by atoms with van der Waals surface area (Å²) in [6.07, 6.45) is 4.21. The molecule has 1 atom stereocenters. The van der Waals surface area contributed by atoms with Crippen LogP contribution in [0.25, 0.3) is 0 Å². The molecule has 0 bridgehead atoms. The minimum atomic E-state index is 0.158. The van der Waals surface area contributed by atoms with E-state index in [-0.39, 0.29) is 6.04 Å². The number of pyridine rings is 1. The van der Waals surface area contributed by atoms with Crippen LogP contribution in [0.15, 0.2) is 18.3 Å². The SMILES string of the molecule is NC(c1ccnc(Cl)c1)C1CC1. The van der Waals surface area contributed by atoms with Gasteiger partial charge in [-0.15, -0.1) is 0 Å². The molecule has 1 fully saturated rings. The predicted octanol–water partition coefficient (Wildman–Crippen LogP) is 2.14. The van der Waals surface area contributed by atoms with Crippen LogP contribution >= 0.6 is 11.6 Å². The van der Waals surface area contributed by atoms with Crippen LogP contribution in [-0.2, 0) is 0 Å². The normalized spacial score (nSPS) is 19.2. The molecule has 1 aromatic rings. The summed E-state index contributed by atoms with van der Waals surface area (Å²) in [6, 6.07) is 3.95. The van der Waals surface area contributed by atoms with E-state index in [1.165, 1.54) is 12.8 Å². The molecule has 1 heterocycles. The van der Waals surface area contributed by atoms with Crippen molar-refractivity contribution in [1.29, 1.82) is 0 Å². The Morgan fingerprint density at radius 1 is 1.58 bits per heavy atom. The Bertz CT molecular complexity index is 284. The van der Waals surface area contributed by atoms with Crippen molar-refractivity contribution in [1.82, 2.24) is 4.98 Å². The number of aromatic nitrogens is 1. The molecular formula is C9H11ClN2. The van der Waals surface area contributed by atoms with E-state index in [4.69, 9.17) is 17.3 Å². The van der Waals surface area contributed by atoms with Gasteiger partial charge in [0.2, 0.25) is 0 Å². The number of hydrogen-bond donors (Lipinski definition) is 1. The van der Waals surface area contributed by atoms with Crippen LogP contribution in [0.5, 0.6) is 0 Å². The lowest BCUT2D eigenvalue weighted by Crippen LogP contribution is -2.12. The van der Waals surface area contributed by atoms with Crippen LogP contribution in [0.4, 0.5) is 0 Å². The number of halogens is 1. The van der Waals surface area contributed by atoms with Crippen LogP contribution < -0.4 is 5.73 Å². The standard InChI is InChI=1S/C9H11ClN2/c10-8-5-7(3-4-12-8)9(11)6-1-2-6/h3-6,9H,1-2,11H2. The van der Waals surface area contributed by atoms with Crippen molar-refractivity contribution < 1.29 is 0 Å². The Kier molecular flexibility index (Phi) is 2.03. The van der Waals surface area contributed by atoms with Crippen LogP contribution in [0.3, 0.4) is 0 Å². The number of hydrogen-bond acceptors (Lipinski definition) is 2. The van der Waals surface area contributed by atoms with E-state index in [0.29, 0.717) is 11.1 Å². The van der Waals surface area contributed by atoms with Gasteiger partial charge >= 0.3 is 0 Å². The first-order valence-electron chi connectivity index (χ1n) is 4.14. The van der Waals surface area contributed by atoms with E-state index in [9.17, 15) is 0 Å². The largest absolute Gasteiger partial charge is 0.324 e. The molecule has 0 aromatic carbocycles. The summed E-state index contributed by atoms with van der Waals surface area (Å²) in [5.74, 6) is 0.670. The molecule has 2 rings (SSSR count). The summed E-state index contributed by atoms with van der Waals surface area (Å²) in [5.41, 5.74) is 7.09. The minimum Gasteiger partial charge on any atom is -0.324 e. The molecule has 1 aliphatic carbocycles. The summed E-state index contributed by atoms with van der Waals surface area (Å²) in [5, 5.41) is 0.531. The van der Waals surface area contributed by atoms with Crippen LogP contribution in [0, 0.1) is 5.92 Å². The van der Waals surface area contributed by atoms with Gasteiger partial charge in [0.15, 0.2) is 0 Å². The van der Waals surface area contributed by atoms with Gasteiger partial charge in [0.25, 0.3) is 0 Å². The van der Waals surface area contributed by atoms with Gasteiger partial charge in [0, 0.05) is 12.2 Å². The average Bonchev–Trinajstić information content (AvgIpc) is 2.85. The molecule has 2 nitrogen and oxygen atoms in total. The molecular weight excluding hydrogens is 172 g/mol. The van der Waals surface area contributed by atoms with Gasteiger partial charge in [-0.05, 0) is 36.5 Å². The summed E-state index contributed by atoms with van der Waals surface area (Å²) in [6.45, 7) is 0. The Morgan fingerprint density at radius 3 is 2.92 bits per heavy atom. The lowest BCUT2D eigenvalue weighted by molar-refractivity contribution is 0.632. The Morgan fingerprint density at radius 2 is 2.33 bits per heavy atom. The summed E-state index contributed by atoms with van der Waals surface area (Å²) < 4.78 is 0. The van der Waals surface area contributed by atoms with Gasteiger partial charge in [0.1, 0.15) is 5.15 Å². The molecule has 0 spiro atoms. The second-order valence-corrected chi connectivity index (χ2v) is 3.66. The van der Waals surface area contributed by atoms with E-state index < -0.39 is 0 Å². The van der Waals surface area contributed by atoms with E-state index in [2.05, 4.69) is 4.98 Å². The van der Waals surface area contributed by atoms with E-state index in [1.807, 2.05) is 12.1 Å². The predicted molar refractivity (Wildman–Crippen MR) is 48.9 cm³/mol. The van der Waals surface area contributed by atoms with Gasteiger partial charge in [-0.2, -0.15) is 0 Å². The van der Waals surface area contributed by atoms with Gasteiger partial charge in [-0.3, -0.25) is 0 Å². The van der Waals surface area contributed by atoms with Crippen LogP contribution in [0.1, 0.15) is 24.4 Å². The average molecular weight is 183 g/mol. The third-order valence-electron chi connectivity index (χ3n) is 2.27. The topological polar surface area (TPSA) is 38.9 Å². The van der Waals surface area contributed by atoms with E-state index in [0.717, 1.165) is 5.56 Å². The Hall–Kier alpha value is -0.600. The molecule has 0 amide bonds. The van der Waals surface area contributed by atoms with E-state index in [1.54, 1.807) is 6.20 Å². The quantitative estimate of drug-likeness (QED) is 0.712. The molecule has 0 saturated heterocycles. The molecule has 2 N–H and O–H groups in total. The van der Waals surface area contributed by atoms with Crippen molar-refractivity contribution in [3.05, 3.63) is 29.0 Å². The van der Waals surface area contributed by atoms with Crippen LogP contribution in [-0.4, -0.2) is 4.98 Å². The van der Waals surface area contributed by atoms with Crippen molar-refractivity contribution >= 4 is 11.6 Å². The van der Waals surface area contributed by atoms with Gasteiger partial charge in [0.05, 0.1) is 0 Å². The molecule has 1 unspecified atom stereocenters. The minimum absolute atomic E-state index is 0.158. The first-order chi connectivity index (χ1) is 5.77. The first-order valence-corrected chi connectivity index (χ1v) is 4.52. The first kappa shape index (κ1) is 8.02. The lowest BCUT2D eigenvalue weighted by Gasteiger charge is -2.09. The number of nitrogens with zero attached hydrogens (tertiary/aromatic N) is 1. The van der Waals surface area contributed by atoms with Crippen molar-refractivity contribution in [2.24, 2.45) is 11.7 Å². The smallest absolute Gasteiger partial charge is 0.129 e. The zero-order chi connectivity index (χ0) is 8.55. The summed E-state index contributed by atoms with van der Waals surface area (Å²) >= 11 is 5.75. The fourth-order valence-corrected chi connectivity index (χ4v) is 1.53. The molecule has 3 heteroatoms. The maximum atomic E-state index is 5.98. The second kappa shape index (κ2) is 3.04. The second-order valence-electron chi connectivity index (χ2n) is 3.28. The highest BCUT2D eigenvalue weighted by molar-refractivity contribution is 6.29. The molecule has 64 valence electrons. The Labute approximate surface area is 76.7 Å². The zero-order valence-electron chi connectivity index (χ0n) is 6.70. The van der Waals surface area contributed by atoms with Crippen molar-refractivity contribution in [3.8, 4) is 0 Å². The highest BCUT2D eigenvalue weighted by atomic mass is 35.5. The highest BCUT2D eigenvalue weighted by Crippen LogP contribution is 2.39. The maximum absolute atomic E-state index is 5.98. The van der Waals surface area contributed by atoms with Gasteiger partial charge in [-0.25, -0.2) is 4.98 Å². The monoisotopic (exact) mass is 182 g/mol. The van der Waals surface area contributed by atoms with Crippen molar-refractivity contribution in [2.45, 2.75) is 18.9 Å². The van der Waals surface area contributed by atoms with Crippen molar-refractivity contribution in [3.63, 3.8) is 0 Å². The third-order valence-corrected chi connectivity index (χ3v) is 2.47. The highest BCUT2D eigenvalue weighted by Gasteiger charge is 2.29. The van der Waals surface area contributed by atoms with Gasteiger partial charge < -0.3 is 5.73 Å². The molecule has 0 radical (unpaired) electrons. The molecule has 0 aliphatic heterocycles. The molecule has 1 aliphatic rings. The number of rotatable bonds is 2. The van der Waals surface area contributed by atoms with Gasteiger partial charge in [-0.1, -0.05) is 11.6 Å². The summed E-state index contributed by atoms with van der Waals surface area (Å²) in [4.78, 5) is 3.91. The molecule has 12 heavy (non-hydrogen) atoms. The van der Waals surface area contributed by atoms with E-state index >= 15 is 0 Å². The molecule has 1 aromatic heterocycles. The fourth-order valence-electron chi connectivity index (χ4n) is 1.35. The zero-order valence-corrected chi connectivity index (χ0v) is 7.46. The summed E-state index contributed by atoms with van der Waals surface area (Å²) in [7, 11) is 0.